The minimum Gasteiger partial charge on any atom is -0.496 e. The summed E-state index contributed by atoms with van der Waals surface area (Å²) in [7, 11) is 1.57. The minimum atomic E-state index is -0.469. The zero-order chi connectivity index (χ0) is 27.1. The molecule has 3 aromatic carbocycles. The van der Waals surface area contributed by atoms with Gasteiger partial charge >= 0.3 is 5.97 Å². The molecule has 1 amide bonds. The van der Waals surface area contributed by atoms with E-state index < -0.39 is 5.97 Å². The van der Waals surface area contributed by atoms with Crippen LogP contribution >= 0.6 is 27.3 Å². The summed E-state index contributed by atoms with van der Waals surface area (Å²) in [6.07, 6.45) is 0. The number of benzene rings is 3. The van der Waals surface area contributed by atoms with Gasteiger partial charge in [0, 0.05) is 26.4 Å². The van der Waals surface area contributed by atoms with Gasteiger partial charge in [0.25, 0.3) is 5.91 Å². The summed E-state index contributed by atoms with van der Waals surface area (Å²) in [6, 6.07) is 24.5. The first-order valence-electron chi connectivity index (χ1n) is 12.1. The lowest BCUT2D eigenvalue weighted by atomic mass is 9.99. The van der Waals surface area contributed by atoms with E-state index >= 15 is 0 Å². The van der Waals surface area contributed by atoms with E-state index in [1.807, 2.05) is 54.6 Å². The Morgan fingerprint density at radius 1 is 1.00 bits per heavy atom. The molecule has 0 saturated heterocycles. The van der Waals surface area contributed by atoms with Gasteiger partial charge in [0.2, 0.25) is 0 Å². The lowest BCUT2D eigenvalue weighted by Crippen LogP contribution is -2.15. The maximum absolute atomic E-state index is 13.3. The normalized spacial score (nSPS) is 11.5. The van der Waals surface area contributed by atoms with Crippen LogP contribution in [0.15, 0.2) is 83.3 Å². The summed E-state index contributed by atoms with van der Waals surface area (Å²) >= 11 is 4.79. The summed E-state index contributed by atoms with van der Waals surface area (Å²) < 4.78 is 17.6. The Labute approximate surface area is 234 Å². The highest BCUT2D eigenvalue weighted by Crippen LogP contribution is 2.37. The highest BCUT2D eigenvalue weighted by atomic mass is 79.9. The molecule has 4 aromatic rings. The van der Waals surface area contributed by atoms with Crippen LogP contribution < -0.4 is 14.8 Å². The van der Waals surface area contributed by atoms with Crippen LogP contribution in [0.25, 0.3) is 0 Å². The first-order valence-corrected chi connectivity index (χ1v) is 13.7. The molecule has 1 N–H and O–H groups in total. The van der Waals surface area contributed by atoms with Gasteiger partial charge in [0.15, 0.2) is 0 Å². The van der Waals surface area contributed by atoms with Gasteiger partial charge in [-0.1, -0.05) is 53.2 Å². The smallest absolute Gasteiger partial charge is 0.341 e. The minimum absolute atomic E-state index is 0.0448. The molecule has 0 radical (unpaired) electrons. The molecule has 1 aromatic heterocycles. The largest absolute Gasteiger partial charge is 0.496 e. The van der Waals surface area contributed by atoms with Crippen LogP contribution in [0.5, 0.6) is 11.5 Å². The number of ether oxygens (including phenoxy) is 3. The fraction of sp³-hybridized carbons (Fsp3) is 0.200. The Bertz CT molecular complexity index is 1400. The third-order valence-electron chi connectivity index (χ3n) is 5.95. The van der Waals surface area contributed by atoms with E-state index in [1.54, 1.807) is 38.3 Å². The molecule has 1 atom stereocenters. The number of nitrogens with one attached hydrogen (secondary N) is 1. The van der Waals surface area contributed by atoms with Crippen molar-refractivity contribution in [2.75, 3.05) is 19.0 Å². The van der Waals surface area contributed by atoms with Crippen LogP contribution in [0, 0.1) is 0 Å². The van der Waals surface area contributed by atoms with Gasteiger partial charge in [-0.15, -0.1) is 11.3 Å². The molecule has 8 heteroatoms. The quantitative estimate of drug-likeness (QED) is 0.191. The lowest BCUT2D eigenvalue weighted by molar-refractivity contribution is 0.0528. The van der Waals surface area contributed by atoms with Crippen LogP contribution in [0.3, 0.4) is 0 Å². The first kappa shape index (κ1) is 27.4. The summed E-state index contributed by atoms with van der Waals surface area (Å²) in [5, 5.41) is 3.38. The second-order valence-corrected chi connectivity index (χ2v) is 10.5. The van der Waals surface area contributed by atoms with Gasteiger partial charge in [-0.25, -0.2) is 4.79 Å². The fourth-order valence-corrected chi connectivity index (χ4v) is 5.27. The van der Waals surface area contributed by atoms with Gasteiger partial charge in [-0.2, -0.15) is 0 Å². The maximum atomic E-state index is 13.3. The molecule has 0 fully saturated rings. The summed E-state index contributed by atoms with van der Waals surface area (Å²) in [4.78, 5) is 27.0. The Balaban J connectivity index is 1.58. The van der Waals surface area contributed by atoms with Crippen molar-refractivity contribution in [3.05, 3.63) is 110 Å². The molecule has 1 heterocycles. The van der Waals surface area contributed by atoms with Gasteiger partial charge in [-0.3, -0.25) is 4.79 Å². The van der Waals surface area contributed by atoms with Crippen LogP contribution in [-0.2, 0) is 11.3 Å². The number of methoxy groups -OCH3 is 1. The summed E-state index contributed by atoms with van der Waals surface area (Å²) in [6.45, 7) is 4.29. The Morgan fingerprint density at radius 3 is 2.42 bits per heavy atom. The number of esters is 1. The molecule has 38 heavy (non-hydrogen) atoms. The van der Waals surface area contributed by atoms with Crippen molar-refractivity contribution in [1.82, 2.24) is 0 Å². The highest BCUT2D eigenvalue weighted by Gasteiger charge is 2.23. The second kappa shape index (κ2) is 12.8. The number of amides is 1. The standard InChI is InChI=1S/C30H28BrNO5S/c1-4-36-30(34)25-17-27(19(2)20-8-6-5-7-9-20)38-29(25)32-28(33)21-10-15-26(35-3)22(16-21)18-37-24-13-11-23(31)12-14-24/h5-17,19H,4,18H2,1-3H3,(H,32,33)/t19-/m1/s1. The predicted molar refractivity (Wildman–Crippen MR) is 154 cm³/mol. The molecule has 0 aliphatic rings. The number of carbonyl (C=O) groups is 2. The molecule has 196 valence electrons. The lowest BCUT2D eigenvalue weighted by Gasteiger charge is -2.13. The van der Waals surface area contributed by atoms with Crippen molar-refractivity contribution >= 4 is 44.1 Å². The van der Waals surface area contributed by atoms with Crippen molar-refractivity contribution in [2.45, 2.75) is 26.4 Å². The van der Waals surface area contributed by atoms with E-state index in [0.717, 1.165) is 20.5 Å². The van der Waals surface area contributed by atoms with Crippen molar-refractivity contribution in [2.24, 2.45) is 0 Å². The van der Waals surface area contributed by atoms with Crippen LogP contribution in [0.2, 0.25) is 0 Å². The van der Waals surface area contributed by atoms with Crippen molar-refractivity contribution < 1.29 is 23.8 Å². The van der Waals surface area contributed by atoms with Crippen LogP contribution in [0.1, 0.15) is 56.5 Å². The van der Waals surface area contributed by atoms with Gasteiger partial charge in [-0.05, 0) is 61.0 Å². The Kier molecular flexibility index (Phi) is 9.20. The Hall–Kier alpha value is -3.62. The monoisotopic (exact) mass is 593 g/mol. The molecule has 0 spiro atoms. The third kappa shape index (κ3) is 6.62. The molecular formula is C30H28BrNO5S. The molecular weight excluding hydrogens is 566 g/mol. The number of hydrogen-bond acceptors (Lipinski definition) is 6. The van der Waals surface area contributed by atoms with E-state index in [0.29, 0.717) is 27.6 Å². The maximum Gasteiger partial charge on any atom is 0.341 e. The fourth-order valence-electron chi connectivity index (χ4n) is 3.88. The molecule has 0 unspecified atom stereocenters. The summed E-state index contributed by atoms with van der Waals surface area (Å²) in [5.41, 5.74) is 2.60. The number of thiophene rings is 1. The zero-order valence-electron chi connectivity index (χ0n) is 21.3. The van der Waals surface area contributed by atoms with Gasteiger partial charge in [0.1, 0.15) is 23.1 Å². The number of carbonyl (C=O) groups excluding carboxylic acids is 2. The number of hydrogen-bond donors (Lipinski definition) is 1. The third-order valence-corrected chi connectivity index (χ3v) is 7.71. The van der Waals surface area contributed by atoms with E-state index in [9.17, 15) is 9.59 Å². The Morgan fingerprint density at radius 2 is 1.74 bits per heavy atom. The first-order chi connectivity index (χ1) is 18.4. The van der Waals surface area contributed by atoms with Gasteiger partial charge < -0.3 is 19.5 Å². The SMILES string of the molecule is CCOC(=O)c1cc([C@H](C)c2ccccc2)sc1NC(=O)c1ccc(OC)c(COc2ccc(Br)cc2)c1. The highest BCUT2D eigenvalue weighted by molar-refractivity contribution is 9.10. The predicted octanol–water partition coefficient (Wildman–Crippen LogP) is 7.68. The zero-order valence-corrected chi connectivity index (χ0v) is 23.7. The number of rotatable bonds is 10. The van der Waals surface area contributed by atoms with E-state index in [4.69, 9.17) is 14.2 Å². The second-order valence-electron chi connectivity index (χ2n) is 8.47. The van der Waals surface area contributed by atoms with Gasteiger partial charge in [0.05, 0.1) is 19.3 Å². The van der Waals surface area contributed by atoms with Crippen molar-refractivity contribution in [3.8, 4) is 11.5 Å². The van der Waals surface area contributed by atoms with E-state index in [-0.39, 0.29) is 25.0 Å². The number of anilines is 1. The molecule has 4 rings (SSSR count). The van der Waals surface area contributed by atoms with Crippen molar-refractivity contribution in [1.29, 1.82) is 0 Å². The molecule has 0 bridgehead atoms. The average Bonchev–Trinajstić information content (AvgIpc) is 3.36. The summed E-state index contributed by atoms with van der Waals surface area (Å²) in [5.74, 6) is 0.542. The van der Waals surface area contributed by atoms with E-state index in [2.05, 4.69) is 28.2 Å². The molecule has 6 nitrogen and oxygen atoms in total. The topological polar surface area (TPSA) is 73.9 Å². The van der Waals surface area contributed by atoms with Crippen molar-refractivity contribution in [3.63, 3.8) is 0 Å². The molecule has 0 aliphatic heterocycles. The average molecular weight is 595 g/mol. The van der Waals surface area contributed by atoms with Crippen LogP contribution in [-0.4, -0.2) is 25.6 Å². The molecule has 0 aliphatic carbocycles. The van der Waals surface area contributed by atoms with E-state index in [1.165, 1.54) is 11.3 Å². The van der Waals surface area contributed by atoms with Crippen LogP contribution in [0.4, 0.5) is 5.00 Å². The molecule has 0 saturated carbocycles. The number of halogens is 1.